The van der Waals surface area contributed by atoms with Crippen molar-refractivity contribution in [2.75, 3.05) is 5.32 Å². The SMILES string of the molecule is NC(=O)C1(C(=O)Nc2cccc(F)c2)CC1. The summed E-state index contributed by atoms with van der Waals surface area (Å²) < 4.78 is 12.8. The van der Waals surface area contributed by atoms with Crippen LogP contribution in [-0.2, 0) is 9.59 Å². The first-order chi connectivity index (χ1) is 7.54. The van der Waals surface area contributed by atoms with E-state index in [9.17, 15) is 14.0 Å². The summed E-state index contributed by atoms with van der Waals surface area (Å²) >= 11 is 0. The van der Waals surface area contributed by atoms with Gasteiger partial charge in [-0.05, 0) is 31.0 Å². The van der Waals surface area contributed by atoms with Crippen molar-refractivity contribution in [3.05, 3.63) is 30.1 Å². The lowest BCUT2D eigenvalue weighted by Gasteiger charge is -2.11. The van der Waals surface area contributed by atoms with Gasteiger partial charge in [-0.2, -0.15) is 0 Å². The van der Waals surface area contributed by atoms with E-state index in [0.717, 1.165) is 0 Å². The van der Waals surface area contributed by atoms with Crippen LogP contribution in [0.5, 0.6) is 0 Å². The molecule has 4 nitrogen and oxygen atoms in total. The van der Waals surface area contributed by atoms with Crippen LogP contribution >= 0.6 is 0 Å². The zero-order valence-corrected chi connectivity index (χ0v) is 8.50. The molecule has 0 heterocycles. The highest BCUT2D eigenvalue weighted by molar-refractivity contribution is 6.12. The minimum absolute atomic E-state index is 0.331. The van der Waals surface area contributed by atoms with Crippen LogP contribution in [0.3, 0.4) is 0 Å². The van der Waals surface area contributed by atoms with Crippen LogP contribution in [0.1, 0.15) is 12.8 Å². The van der Waals surface area contributed by atoms with Crippen LogP contribution in [0.2, 0.25) is 0 Å². The molecule has 0 saturated heterocycles. The number of rotatable bonds is 3. The molecule has 0 radical (unpaired) electrons. The molecule has 1 aromatic carbocycles. The predicted octanol–water partition coefficient (Wildman–Crippen LogP) is 1.03. The third-order valence-electron chi connectivity index (χ3n) is 2.74. The van der Waals surface area contributed by atoms with Gasteiger partial charge in [0.15, 0.2) is 0 Å². The Labute approximate surface area is 91.6 Å². The first-order valence-corrected chi connectivity index (χ1v) is 4.91. The molecule has 3 N–H and O–H groups in total. The highest BCUT2D eigenvalue weighted by Crippen LogP contribution is 2.46. The van der Waals surface area contributed by atoms with E-state index in [1.807, 2.05) is 0 Å². The molecule has 0 spiro atoms. The van der Waals surface area contributed by atoms with Crippen LogP contribution in [0.15, 0.2) is 24.3 Å². The van der Waals surface area contributed by atoms with Crippen LogP contribution < -0.4 is 11.1 Å². The van der Waals surface area contributed by atoms with E-state index in [1.54, 1.807) is 6.07 Å². The van der Waals surface area contributed by atoms with E-state index in [2.05, 4.69) is 5.32 Å². The summed E-state index contributed by atoms with van der Waals surface area (Å²) in [5.74, 6) is -1.52. The number of anilines is 1. The van der Waals surface area contributed by atoms with Crippen molar-refractivity contribution in [1.29, 1.82) is 0 Å². The van der Waals surface area contributed by atoms with Crippen molar-refractivity contribution in [2.24, 2.45) is 11.1 Å². The molecule has 1 aromatic rings. The van der Waals surface area contributed by atoms with E-state index in [0.29, 0.717) is 18.5 Å². The molecule has 1 aliphatic carbocycles. The molecule has 16 heavy (non-hydrogen) atoms. The third-order valence-corrected chi connectivity index (χ3v) is 2.74. The molecule has 1 saturated carbocycles. The van der Waals surface area contributed by atoms with Crippen molar-refractivity contribution in [2.45, 2.75) is 12.8 Å². The molecular formula is C11H11FN2O2. The second kappa shape index (κ2) is 3.59. The Hall–Kier alpha value is -1.91. The fourth-order valence-electron chi connectivity index (χ4n) is 1.53. The van der Waals surface area contributed by atoms with E-state index >= 15 is 0 Å². The second-order valence-corrected chi connectivity index (χ2v) is 3.91. The Balaban J connectivity index is 2.11. The number of primary amides is 1. The maximum absolute atomic E-state index is 12.8. The Morgan fingerprint density at radius 1 is 1.38 bits per heavy atom. The first-order valence-electron chi connectivity index (χ1n) is 4.91. The molecule has 5 heteroatoms. The van der Waals surface area contributed by atoms with Crippen LogP contribution in [0, 0.1) is 11.2 Å². The van der Waals surface area contributed by atoms with Gasteiger partial charge in [0, 0.05) is 5.69 Å². The first kappa shape index (κ1) is 10.6. The molecule has 0 aromatic heterocycles. The molecule has 1 fully saturated rings. The normalized spacial score (nSPS) is 16.6. The van der Waals surface area contributed by atoms with E-state index < -0.39 is 23.0 Å². The number of halogens is 1. The highest BCUT2D eigenvalue weighted by atomic mass is 19.1. The van der Waals surface area contributed by atoms with Crippen molar-refractivity contribution >= 4 is 17.5 Å². The van der Waals surface area contributed by atoms with Crippen LogP contribution in [0.25, 0.3) is 0 Å². The molecule has 2 rings (SSSR count). The van der Waals surface area contributed by atoms with Crippen LogP contribution in [-0.4, -0.2) is 11.8 Å². The lowest BCUT2D eigenvalue weighted by atomic mass is 10.1. The summed E-state index contributed by atoms with van der Waals surface area (Å²) in [4.78, 5) is 22.8. The molecule has 0 bridgehead atoms. The zero-order valence-electron chi connectivity index (χ0n) is 8.50. The predicted molar refractivity (Wildman–Crippen MR) is 55.9 cm³/mol. The Morgan fingerprint density at radius 2 is 2.06 bits per heavy atom. The standard InChI is InChI=1S/C11H11FN2O2/c12-7-2-1-3-8(6-7)14-10(16)11(4-5-11)9(13)15/h1-3,6H,4-5H2,(H2,13,15)(H,14,16). The van der Waals surface area contributed by atoms with Crippen molar-refractivity contribution in [3.8, 4) is 0 Å². The van der Waals surface area contributed by atoms with Gasteiger partial charge in [0.2, 0.25) is 11.8 Å². The number of hydrogen-bond acceptors (Lipinski definition) is 2. The molecule has 0 atom stereocenters. The Bertz CT molecular complexity index is 455. The number of hydrogen-bond donors (Lipinski definition) is 2. The fraction of sp³-hybridized carbons (Fsp3) is 0.273. The molecule has 0 unspecified atom stereocenters. The largest absolute Gasteiger partial charge is 0.369 e. The van der Waals surface area contributed by atoms with Gasteiger partial charge in [-0.15, -0.1) is 0 Å². The van der Waals surface area contributed by atoms with E-state index in [4.69, 9.17) is 5.73 Å². The van der Waals surface area contributed by atoms with Crippen molar-refractivity contribution < 1.29 is 14.0 Å². The summed E-state index contributed by atoms with van der Waals surface area (Å²) in [6.07, 6.45) is 0.924. The number of nitrogens with two attached hydrogens (primary N) is 1. The summed E-state index contributed by atoms with van der Waals surface area (Å²) in [6, 6.07) is 5.50. The number of nitrogens with one attached hydrogen (secondary N) is 1. The van der Waals surface area contributed by atoms with Crippen molar-refractivity contribution in [1.82, 2.24) is 0 Å². The summed E-state index contributed by atoms with van der Waals surface area (Å²) in [5, 5.41) is 2.49. The van der Waals surface area contributed by atoms with Gasteiger partial charge in [0.1, 0.15) is 11.2 Å². The third kappa shape index (κ3) is 1.76. The van der Waals surface area contributed by atoms with Crippen molar-refractivity contribution in [3.63, 3.8) is 0 Å². The topological polar surface area (TPSA) is 72.2 Å². The Kier molecular flexibility index (Phi) is 2.38. The quantitative estimate of drug-likeness (QED) is 0.750. The number of carbonyl (C=O) groups is 2. The highest BCUT2D eigenvalue weighted by Gasteiger charge is 2.55. The van der Waals surface area contributed by atoms with Gasteiger partial charge in [0.25, 0.3) is 0 Å². The average molecular weight is 222 g/mol. The van der Waals surface area contributed by atoms with E-state index in [-0.39, 0.29) is 0 Å². The molecule has 1 aliphatic rings. The summed E-state index contributed by atoms with van der Waals surface area (Å²) in [6.45, 7) is 0. The monoisotopic (exact) mass is 222 g/mol. The minimum Gasteiger partial charge on any atom is -0.369 e. The number of benzene rings is 1. The van der Waals surface area contributed by atoms with Gasteiger partial charge >= 0.3 is 0 Å². The molecule has 0 aliphatic heterocycles. The van der Waals surface area contributed by atoms with Crippen LogP contribution in [0.4, 0.5) is 10.1 Å². The summed E-state index contributed by atoms with van der Waals surface area (Å²) in [5.41, 5.74) is 4.40. The fourth-order valence-corrected chi connectivity index (χ4v) is 1.53. The average Bonchev–Trinajstić information content (AvgIpc) is 2.97. The minimum atomic E-state index is -1.08. The lowest BCUT2D eigenvalue weighted by molar-refractivity contribution is -0.132. The lowest BCUT2D eigenvalue weighted by Crippen LogP contribution is -2.36. The molecule has 2 amide bonds. The maximum Gasteiger partial charge on any atom is 0.240 e. The second-order valence-electron chi connectivity index (χ2n) is 3.91. The Morgan fingerprint density at radius 3 is 2.56 bits per heavy atom. The maximum atomic E-state index is 12.8. The smallest absolute Gasteiger partial charge is 0.240 e. The van der Waals surface area contributed by atoms with Gasteiger partial charge in [-0.1, -0.05) is 6.07 Å². The van der Waals surface area contributed by atoms with Gasteiger partial charge < -0.3 is 11.1 Å². The summed E-state index contributed by atoms with van der Waals surface area (Å²) in [7, 11) is 0. The van der Waals surface area contributed by atoms with Gasteiger partial charge in [0.05, 0.1) is 0 Å². The zero-order chi connectivity index (χ0) is 11.8. The number of carbonyl (C=O) groups excluding carboxylic acids is 2. The number of amides is 2. The van der Waals surface area contributed by atoms with Gasteiger partial charge in [-0.3, -0.25) is 9.59 Å². The molecular weight excluding hydrogens is 211 g/mol. The van der Waals surface area contributed by atoms with Gasteiger partial charge in [-0.25, -0.2) is 4.39 Å². The molecule has 84 valence electrons. The van der Waals surface area contributed by atoms with E-state index in [1.165, 1.54) is 18.2 Å².